The van der Waals surface area contributed by atoms with Crippen LogP contribution < -0.4 is 25.1 Å². The maximum absolute atomic E-state index is 13.4. The zero-order valence-electron chi connectivity index (χ0n) is 19.1. The van der Waals surface area contributed by atoms with E-state index in [0.717, 1.165) is 5.75 Å². The Kier molecular flexibility index (Phi) is 4.80. The summed E-state index contributed by atoms with van der Waals surface area (Å²) in [4.78, 5) is 22.6. The topological polar surface area (TPSA) is 116 Å². The van der Waals surface area contributed by atoms with E-state index in [4.69, 9.17) is 19.2 Å². The van der Waals surface area contributed by atoms with E-state index in [2.05, 4.69) is 20.5 Å². The molecule has 176 valence electrons. The van der Waals surface area contributed by atoms with E-state index < -0.39 is 5.60 Å². The fourth-order valence-corrected chi connectivity index (χ4v) is 4.20. The first-order chi connectivity index (χ1) is 17.0. The van der Waals surface area contributed by atoms with Gasteiger partial charge in [0.1, 0.15) is 12.4 Å². The minimum Gasteiger partial charge on any atom is -0.497 e. The van der Waals surface area contributed by atoms with Crippen LogP contribution in [-0.2, 0) is 0 Å². The first-order valence-electron chi connectivity index (χ1n) is 11.1. The van der Waals surface area contributed by atoms with Crippen LogP contribution in [0, 0.1) is 0 Å². The lowest BCUT2D eigenvalue weighted by molar-refractivity contribution is 0.0165. The van der Waals surface area contributed by atoms with Crippen LogP contribution in [0.25, 0.3) is 27.6 Å². The number of hydrogen-bond acceptors (Lipinski definition) is 8. The number of hydrogen-bond donors (Lipinski definition) is 2. The molecule has 1 atom stereocenters. The van der Waals surface area contributed by atoms with Crippen molar-refractivity contribution in [2.24, 2.45) is 0 Å². The molecule has 0 saturated carbocycles. The Morgan fingerprint density at radius 2 is 2.00 bits per heavy atom. The molecule has 0 radical (unpaired) electrons. The molecule has 0 saturated heterocycles. The molecule has 5 aromatic rings. The molecule has 2 N–H and O–H groups in total. The third-order valence-electron chi connectivity index (χ3n) is 5.99. The van der Waals surface area contributed by atoms with Crippen LogP contribution in [0.3, 0.4) is 0 Å². The molecular weight excluding hydrogens is 448 g/mol. The van der Waals surface area contributed by atoms with E-state index >= 15 is 0 Å². The highest BCUT2D eigenvalue weighted by Gasteiger charge is 2.33. The van der Waals surface area contributed by atoms with Gasteiger partial charge in [0.25, 0.3) is 5.56 Å². The van der Waals surface area contributed by atoms with Crippen LogP contribution in [0.1, 0.15) is 6.92 Å². The van der Waals surface area contributed by atoms with Crippen molar-refractivity contribution < 1.29 is 14.2 Å². The number of benzene rings is 2. The summed E-state index contributed by atoms with van der Waals surface area (Å²) in [6, 6.07) is 14.8. The minimum atomic E-state index is -0.632. The summed E-state index contributed by atoms with van der Waals surface area (Å²) in [5.74, 6) is 2.40. The quantitative estimate of drug-likeness (QED) is 0.402. The predicted molar refractivity (Wildman–Crippen MR) is 131 cm³/mol. The standard InChI is InChI=1S/C25H22N6O4/c1-25(14-34-19-8-3-4-9-20(19)35-25)13-27-24-26-11-17-21-18(12-28-30-21)23(32)31(22(17)29-24)15-6-5-7-16(10-15)33-2/h3-12H,13-14H2,1-2H3,(H,28,30)(H,26,27,29). The van der Waals surface area contributed by atoms with E-state index in [9.17, 15) is 4.79 Å². The summed E-state index contributed by atoms with van der Waals surface area (Å²) in [5, 5.41) is 11.3. The molecule has 35 heavy (non-hydrogen) atoms. The summed E-state index contributed by atoms with van der Waals surface area (Å²) in [6.07, 6.45) is 3.19. The first-order valence-corrected chi connectivity index (χ1v) is 11.1. The number of pyridine rings is 1. The van der Waals surface area contributed by atoms with Crippen molar-refractivity contribution in [1.82, 2.24) is 24.7 Å². The second kappa shape index (κ2) is 8.01. The molecule has 0 spiro atoms. The Bertz CT molecular complexity index is 1630. The van der Waals surface area contributed by atoms with Gasteiger partial charge in [0.05, 0.1) is 41.8 Å². The predicted octanol–water partition coefficient (Wildman–Crippen LogP) is 3.31. The number of aromatic amines is 1. The van der Waals surface area contributed by atoms with Crippen LogP contribution in [0.2, 0.25) is 0 Å². The third-order valence-corrected chi connectivity index (χ3v) is 5.99. The van der Waals surface area contributed by atoms with Gasteiger partial charge in [-0.1, -0.05) is 18.2 Å². The Balaban J connectivity index is 1.40. The van der Waals surface area contributed by atoms with E-state index in [1.54, 1.807) is 23.9 Å². The molecule has 4 heterocycles. The molecule has 0 fully saturated rings. The fraction of sp³-hybridized carbons (Fsp3) is 0.200. The molecule has 10 heteroatoms. The Morgan fingerprint density at radius 3 is 2.86 bits per heavy atom. The maximum Gasteiger partial charge on any atom is 0.267 e. The number of methoxy groups -OCH3 is 1. The summed E-state index contributed by atoms with van der Waals surface area (Å²) in [5.41, 5.74) is 0.774. The van der Waals surface area contributed by atoms with Crippen LogP contribution >= 0.6 is 0 Å². The molecule has 3 aromatic heterocycles. The maximum atomic E-state index is 13.4. The Labute approximate surface area is 199 Å². The second-order valence-corrected chi connectivity index (χ2v) is 8.57. The SMILES string of the molecule is COc1cccc(-n2c(=O)c3cn[nH]c3c3cnc(NCC4(C)COc5ccccc5O4)nc32)c1. The first kappa shape index (κ1) is 21.0. The number of fused-ring (bicyclic) bond motifs is 4. The van der Waals surface area contributed by atoms with Crippen molar-refractivity contribution in [2.45, 2.75) is 12.5 Å². The molecule has 1 aliphatic rings. The molecule has 0 amide bonds. The average molecular weight is 470 g/mol. The lowest BCUT2D eigenvalue weighted by Gasteiger charge is -2.35. The number of aromatic nitrogens is 5. The van der Waals surface area contributed by atoms with Gasteiger partial charge in [-0.2, -0.15) is 10.1 Å². The van der Waals surface area contributed by atoms with Crippen LogP contribution in [0.4, 0.5) is 5.95 Å². The van der Waals surface area contributed by atoms with Crippen molar-refractivity contribution in [2.75, 3.05) is 25.6 Å². The lowest BCUT2D eigenvalue weighted by Crippen LogP contribution is -2.47. The van der Waals surface area contributed by atoms with E-state index in [0.29, 0.717) is 58.2 Å². The summed E-state index contributed by atoms with van der Waals surface area (Å²) >= 11 is 0. The minimum absolute atomic E-state index is 0.244. The average Bonchev–Trinajstić information content (AvgIpc) is 3.38. The van der Waals surface area contributed by atoms with Crippen molar-refractivity contribution in [3.63, 3.8) is 0 Å². The van der Waals surface area contributed by atoms with Gasteiger partial charge in [-0.3, -0.25) is 14.5 Å². The van der Waals surface area contributed by atoms with E-state index in [1.807, 2.05) is 49.4 Å². The molecule has 10 nitrogen and oxygen atoms in total. The van der Waals surface area contributed by atoms with Crippen LogP contribution in [0.5, 0.6) is 17.2 Å². The second-order valence-electron chi connectivity index (χ2n) is 8.57. The van der Waals surface area contributed by atoms with Gasteiger partial charge in [-0.05, 0) is 31.2 Å². The van der Waals surface area contributed by atoms with Crippen molar-refractivity contribution in [3.8, 4) is 22.9 Å². The van der Waals surface area contributed by atoms with Gasteiger partial charge in [-0.15, -0.1) is 0 Å². The van der Waals surface area contributed by atoms with Gasteiger partial charge >= 0.3 is 0 Å². The largest absolute Gasteiger partial charge is 0.497 e. The Hall–Kier alpha value is -4.60. The molecule has 6 rings (SSSR count). The number of para-hydroxylation sites is 2. The summed E-state index contributed by atoms with van der Waals surface area (Å²) < 4.78 is 19.0. The van der Waals surface area contributed by atoms with E-state index in [1.165, 1.54) is 6.20 Å². The van der Waals surface area contributed by atoms with Gasteiger partial charge in [0.2, 0.25) is 5.95 Å². The number of anilines is 1. The highest BCUT2D eigenvalue weighted by Crippen LogP contribution is 2.34. The third kappa shape index (κ3) is 3.59. The highest BCUT2D eigenvalue weighted by molar-refractivity contribution is 6.02. The number of nitrogens with one attached hydrogen (secondary N) is 2. The van der Waals surface area contributed by atoms with Gasteiger partial charge < -0.3 is 19.5 Å². The van der Waals surface area contributed by atoms with Crippen molar-refractivity contribution >= 4 is 27.9 Å². The van der Waals surface area contributed by atoms with Crippen LogP contribution in [0.15, 0.2) is 65.7 Å². The van der Waals surface area contributed by atoms with E-state index in [-0.39, 0.29) is 5.56 Å². The zero-order valence-corrected chi connectivity index (χ0v) is 19.1. The zero-order chi connectivity index (χ0) is 24.0. The van der Waals surface area contributed by atoms with Crippen molar-refractivity contribution in [1.29, 1.82) is 0 Å². The normalized spacial score (nSPS) is 17.0. The Morgan fingerprint density at radius 1 is 1.14 bits per heavy atom. The molecule has 2 aromatic carbocycles. The van der Waals surface area contributed by atoms with Gasteiger partial charge in [-0.25, -0.2) is 4.98 Å². The monoisotopic (exact) mass is 470 g/mol. The number of nitrogens with zero attached hydrogens (tertiary/aromatic N) is 4. The number of ether oxygens (including phenoxy) is 3. The highest BCUT2D eigenvalue weighted by atomic mass is 16.6. The van der Waals surface area contributed by atoms with Crippen LogP contribution in [-0.4, -0.2) is 50.6 Å². The number of H-pyrrole nitrogens is 1. The molecular formula is C25H22N6O4. The molecule has 0 aliphatic carbocycles. The molecule has 1 unspecified atom stereocenters. The number of rotatable bonds is 5. The fourth-order valence-electron chi connectivity index (χ4n) is 4.20. The summed E-state index contributed by atoms with van der Waals surface area (Å²) in [7, 11) is 1.58. The lowest BCUT2D eigenvalue weighted by atomic mass is 10.1. The smallest absolute Gasteiger partial charge is 0.267 e. The van der Waals surface area contributed by atoms with Gasteiger partial charge in [0, 0.05) is 12.3 Å². The van der Waals surface area contributed by atoms with Gasteiger partial charge in [0.15, 0.2) is 22.7 Å². The molecule has 0 bridgehead atoms. The summed E-state index contributed by atoms with van der Waals surface area (Å²) in [6.45, 7) is 2.72. The molecule has 1 aliphatic heterocycles. The van der Waals surface area contributed by atoms with Crippen molar-refractivity contribution in [3.05, 3.63) is 71.3 Å².